The van der Waals surface area contributed by atoms with Crippen LogP contribution in [0.15, 0.2) is 59.6 Å². The van der Waals surface area contributed by atoms with E-state index >= 15 is 0 Å². The van der Waals surface area contributed by atoms with Gasteiger partial charge in [-0.25, -0.2) is 17.5 Å². The first-order valence-electron chi connectivity index (χ1n) is 9.32. The first kappa shape index (κ1) is 21.8. The zero-order valence-corrected chi connectivity index (χ0v) is 18.4. The Balaban J connectivity index is 1.46. The summed E-state index contributed by atoms with van der Waals surface area (Å²) in [5, 5.41) is 4.33. The maximum atomic E-state index is 13.4. The standard InChI is InChI=1S/C20H17Cl2FN4O3S/c21-16-5-2-6-17(22)19(16)31(29,30)26-11-9-25(10-12-26)20(28)18-7-8-27(24-18)15-4-1-3-14(23)13-15/h1-8,13H,9-12H2. The minimum absolute atomic E-state index is 0.0499. The minimum atomic E-state index is -3.90. The van der Waals surface area contributed by atoms with Crippen LogP contribution in [-0.4, -0.2) is 59.5 Å². The molecule has 31 heavy (non-hydrogen) atoms. The number of amides is 1. The molecule has 1 saturated heterocycles. The number of sulfonamides is 1. The van der Waals surface area contributed by atoms with Gasteiger partial charge in [-0.1, -0.05) is 35.3 Å². The Morgan fingerprint density at radius 1 is 0.968 bits per heavy atom. The van der Waals surface area contributed by atoms with E-state index in [2.05, 4.69) is 5.10 Å². The van der Waals surface area contributed by atoms with Gasteiger partial charge in [0, 0.05) is 32.4 Å². The number of nitrogens with zero attached hydrogens (tertiary/aromatic N) is 4. The largest absolute Gasteiger partial charge is 0.335 e. The first-order valence-corrected chi connectivity index (χ1v) is 11.5. The van der Waals surface area contributed by atoms with Crippen LogP contribution in [0.5, 0.6) is 0 Å². The van der Waals surface area contributed by atoms with Crippen molar-refractivity contribution < 1.29 is 17.6 Å². The van der Waals surface area contributed by atoms with E-state index in [-0.39, 0.29) is 52.7 Å². The van der Waals surface area contributed by atoms with Gasteiger partial charge in [-0.05, 0) is 36.4 Å². The van der Waals surface area contributed by atoms with Crippen molar-refractivity contribution in [1.82, 2.24) is 19.0 Å². The second-order valence-electron chi connectivity index (χ2n) is 6.87. The fourth-order valence-corrected chi connectivity index (χ4v) is 5.87. The lowest BCUT2D eigenvalue weighted by Gasteiger charge is -2.33. The average molecular weight is 483 g/mol. The maximum absolute atomic E-state index is 13.4. The number of halogens is 3. The van der Waals surface area contributed by atoms with Gasteiger partial charge >= 0.3 is 0 Å². The fourth-order valence-electron chi connectivity index (χ4n) is 3.35. The van der Waals surface area contributed by atoms with E-state index < -0.39 is 15.8 Å². The third-order valence-electron chi connectivity index (χ3n) is 4.92. The van der Waals surface area contributed by atoms with Crippen molar-refractivity contribution in [3.05, 3.63) is 76.3 Å². The maximum Gasteiger partial charge on any atom is 0.274 e. The molecule has 11 heteroatoms. The number of carbonyl (C=O) groups excluding carboxylic acids is 1. The van der Waals surface area contributed by atoms with E-state index in [1.54, 1.807) is 30.5 Å². The Hall–Kier alpha value is -2.46. The summed E-state index contributed by atoms with van der Waals surface area (Å²) in [6, 6.07) is 11.9. The molecule has 0 bridgehead atoms. The summed E-state index contributed by atoms with van der Waals surface area (Å²) in [5.41, 5.74) is 0.682. The Morgan fingerprint density at radius 3 is 2.26 bits per heavy atom. The Kier molecular flexibility index (Phi) is 6.02. The highest BCUT2D eigenvalue weighted by molar-refractivity contribution is 7.89. The van der Waals surface area contributed by atoms with E-state index in [9.17, 15) is 17.6 Å². The topological polar surface area (TPSA) is 75.5 Å². The molecule has 1 aliphatic heterocycles. The summed E-state index contributed by atoms with van der Waals surface area (Å²) in [6.07, 6.45) is 1.57. The highest BCUT2D eigenvalue weighted by Gasteiger charge is 2.33. The fraction of sp³-hybridized carbons (Fsp3) is 0.200. The van der Waals surface area contributed by atoms with Crippen molar-refractivity contribution in [2.24, 2.45) is 0 Å². The number of hydrogen-bond donors (Lipinski definition) is 0. The number of rotatable bonds is 4. The Labute approximate surface area is 188 Å². The van der Waals surface area contributed by atoms with Gasteiger partial charge in [0.05, 0.1) is 15.7 Å². The number of piperazine rings is 1. The second-order valence-corrected chi connectivity index (χ2v) is 9.56. The average Bonchev–Trinajstić information content (AvgIpc) is 3.23. The summed E-state index contributed by atoms with van der Waals surface area (Å²) >= 11 is 12.1. The van der Waals surface area contributed by atoms with Gasteiger partial charge in [0.25, 0.3) is 5.91 Å². The molecule has 2 aromatic carbocycles. The number of hydrogen-bond acceptors (Lipinski definition) is 4. The minimum Gasteiger partial charge on any atom is -0.335 e. The van der Waals surface area contributed by atoms with Crippen molar-refractivity contribution in [3.8, 4) is 5.69 Å². The lowest BCUT2D eigenvalue weighted by Crippen LogP contribution is -2.50. The predicted octanol–water partition coefficient (Wildman–Crippen LogP) is 3.46. The van der Waals surface area contributed by atoms with Crippen LogP contribution in [0.25, 0.3) is 5.69 Å². The van der Waals surface area contributed by atoms with Gasteiger partial charge in [-0.3, -0.25) is 4.79 Å². The van der Waals surface area contributed by atoms with E-state index in [0.717, 1.165) is 0 Å². The third kappa shape index (κ3) is 4.31. The molecule has 2 heterocycles. The van der Waals surface area contributed by atoms with Gasteiger partial charge in [0.15, 0.2) is 5.69 Å². The molecule has 1 amide bonds. The number of carbonyl (C=O) groups is 1. The monoisotopic (exact) mass is 482 g/mol. The van der Waals surface area contributed by atoms with E-state index in [1.807, 2.05) is 0 Å². The van der Waals surface area contributed by atoms with Gasteiger partial charge in [-0.2, -0.15) is 9.40 Å². The lowest BCUT2D eigenvalue weighted by atomic mass is 10.3. The second kappa shape index (κ2) is 8.58. The molecule has 0 unspecified atom stereocenters. The molecular formula is C20H17Cl2FN4O3S. The molecule has 0 N–H and O–H groups in total. The van der Waals surface area contributed by atoms with Crippen molar-refractivity contribution in [1.29, 1.82) is 0 Å². The zero-order chi connectivity index (χ0) is 22.2. The summed E-state index contributed by atoms with van der Waals surface area (Å²) in [4.78, 5) is 14.2. The van der Waals surface area contributed by atoms with Gasteiger partial charge in [0.1, 0.15) is 10.7 Å². The van der Waals surface area contributed by atoms with Gasteiger partial charge in [-0.15, -0.1) is 0 Å². The molecule has 0 saturated carbocycles. The van der Waals surface area contributed by atoms with Crippen molar-refractivity contribution >= 4 is 39.1 Å². The summed E-state index contributed by atoms with van der Waals surface area (Å²) < 4.78 is 42.0. The van der Waals surface area contributed by atoms with E-state index in [1.165, 1.54) is 38.2 Å². The molecular weight excluding hydrogens is 466 g/mol. The third-order valence-corrected chi connectivity index (χ3v) is 7.78. The van der Waals surface area contributed by atoms with Crippen LogP contribution in [0.1, 0.15) is 10.5 Å². The highest BCUT2D eigenvalue weighted by atomic mass is 35.5. The predicted molar refractivity (Wildman–Crippen MR) is 115 cm³/mol. The lowest BCUT2D eigenvalue weighted by molar-refractivity contribution is 0.0691. The van der Waals surface area contributed by atoms with Crippen LogP contribution in [0.2, 0.25) is 10.0 Å². The molecule has 4 rings (SSSR count). The molecule has 1 aliphatic rings. The summed E-state index contributed by atoms with van der Waals surface area (Å²) in [7, 11) is -3.90. The molecule has 162 valence electrons. The van der Waals surface area contributed by atoms with E-state index in [0.29, 0.717) is 5.69 Å². The quantitative estimate of drug-likeness (QED) is 0.570. The molecule has 7 nitrogen and oxygen atoms in total. The smallest absolute Gasteiger partial charge is 0.274 e. The Morgan fingerprint density at radius 2 is 1.61 bits per heavy atom. The van der Waals surface area contributed by atoms with Crippen LogP contribution >= 0.6 is 23.2 Å². The molecule has 0 spiro atoms. The SMILES string of the molecule is O=C(c1ccn(-c2cccc(F)c2)n1)N1CCN(S(=O)(=O)c2c(Cl)cccc2Cl)CC1. The molecule has 0 atom stereocenters. The van der Waals surface area contributed by atoms with E-state index in [4.69, 9.17) is 23.2 Å². The van der Waals surface area contributed by atoms with Crippen molar-refractivity contribution in [2.45, 2.75) is 4.90 Å². The van der Waals surface area contributed by atoms with Crippen LogP contribution < -0.4 is 0 Å². The highest BCUT2D eigenvalue weighted by Crippen LogP contribution is 2.32. The molecule has 0 aliphatic carbocycles. The number of aromatic nitrogens is 2. The Bertz CT molecular complexity index is 1220. The van der Waals surface area contributed by atoms with Crippen molar-refractivity contribution in [2.75, 3.05) is 26.2 Å². The van der Waals surface area contributed by atoms with Crippen LogP contribution in [0.4, 0.5) is 4.39 Å². The summed E-state index contributed by atoms with van der Waals surface area (Å²) in [5.74, 6) is -0.736. The molecule has 0 radical (unpaired) electrons. The molecule has 1 aromatic heterocycles. The van der Waals surface area contributed by atoms with Crippen LogP contribution in [0, 0.1) is 5.82 Å². The van der Waals surface area contributed by atoms with Gasteiger partial charge < -0.3 is 4.90 Å². The first-order chi connectivity index (χ1) is 14.8. The summed E-state index contributed by atoms with van der Waals surface area (Å²) in [6.45, 7) is 0.570. The van der Waals surface area contributed by atoms with Crippen LogP contribution in [-0.2, 0) is 10.0 Å². The van der Waals surface area contributed by atoms with Gasteiger partial charge in [0.2, 0.25) is 10.0 Å². The van der Waals surface area contributed by atoms with Crippen molar-refractivity contribution in [3.63, 3.8) is 0 Å². The van der Waals surface area contributed by atoms with Crippen LogP contribution in [0.3, 0.4) is 0 Å². The molecule has 3 aromatic rings. The normalized spacial score (nSPS) is 15.3. The zero-order valence-electron chi connectivity index (χ0n) is 16.1. The molecule has 1 fully saturated rings. The number of benzene rings is 2.